The maximum atomic E-state index is 13.4. The Morgan fingerprint density at radius 3 is 2.55 bits per heavy atom. The molecule has 2 aromatic carbocycles. The number of aromatic amines is 1. The summed E-state index contributed by atoms with van der Waals surface area (Å²) in [5.41, 5.74) is 2.69. The number of ketones is 1. The molecule has 164 valence electrons. The third kappa shape index (κ3) is 3.67. The van der Waals surface area contributed by atoms with Gasteiger partial charge in [0.05, 0.1) is 11.3 Å². The fraction of sp³-hybridized carbons (Fsp3) is 0.115. The van der Waals surface area contributed by atoms with Gasteiger partial charge in [-0.2, -0.15) is 0 Å². The Kier molecular flexibility index (Phi) is 5.22. The first-order chi connectivity index (χ1) is 16.0. The average molecular weight is 441 g/mol. The van der Waals surface area contributed by atoms with E-state index in [1.807, 2.05) is 30.5 Å². The molecule has 0 aliphatic carbocycles. The highest BCUT2D eigenvalue weighted by Gasteiger charge is 2.46. The molecular weight excluding hydrogens is 421 g/mol. The number of amides is 1. The Hall–Kier alpha value is -4.26. The number of carbonyl (C=O) groups excluding carboxylic acids is 2. The Balaban J connectivity index is 1.55. The van der Waals surface area contributed by atoms with Crippen molar-refractivity contribution in [1.82, 2.24) is 14.9 Å². The van der Waals surface area contributed by atoms with Gasteiger partial charge in [0, 0.05) is 35.4 Å². The Morgan fingerprint density at radius 1 is 1.03 bits per heavy atom. The van der Waals surface area contributed by atoms with E-state index in [0.717, 1.165) is 16.5 Å². The molecule has 1 fully saturated rings. The first kappa shape index (κ1) is 20.6. The molecule has 4 aromatic rings. The van der Waals surface area contributed by atoms with E-state index in [2.05, 4.69) is 9.97 Å². The number of fused-ring (bicyclic) bond motifs is 1. The van der Waals surface area contributed by atoms with Crippen LogP contribution in [0, 0.1) is 5.82 Å². The molecule has 1 unspecified atom stereocenters. The summed E-state index contributed by atoms with van der Waals surface area (Å²) in [6, 6.07) is 17.4. The van der Waals surface area contributed by atoms with E-state index >= 15 is 0 Å². The van der Waals surface area contributed by atoms with Crippen LogP contribution < -0.4 is 0 Å². The van der Waals surface area contributed by atoms with E-state index in [4.69, 9.17) is 0 Å². The summed E-state index contributed by atoms with van der Waals surface area (Å²) < 4.78 is 13.4. The number of nitrogens with one attached hydrogen (secondary N) is 1. The smallest absolute Gasteiger partial charge is 0.295 e. The first-order valence-corrected chi connectivity index (χ1v) is 10.5. The Labute approximate surface area is 189 Å². The molecule has 33 heavy (non-hydrogen) atoms. The van der Waals surface area contributed by atoms with Gasteiger partial charge >= 0.3 is 0 Å². The quantitative estimate of drug-likeness (QED) is 0.274. The van der Waals surface area contributed by atoms with Gasteiger partial charge in [-0.25, -0.2) is 4.39 Å². The van der Waals surface area contributed by atoms with Crippen LogP contribution >= 0.6 is 0 Å². The number of para-hydroxylation sites is 1. The topological polar surface area (TPSA) is 86.3 Å². The molecule has 0 spiro atoms. The Morgan fingerprint density at radius 2 is 1.79 bits per heavy atom. The van der Waals surface area contributed by atoms with Crippen LogP contribution in [-0.4, -0.2) is 38.2 Å². The molecule has 3 heterocycles. The number of H-pyrrole nitrogens is 1. The number of aromatic nitrogens is 2. The third-order valence-electron chi connectivity index (χ3n) is 5.92. The highest BCUT2D eigenvalue weighted by atomic mass is 19.1. The summed E-state index contributed by atoms with van der Waals surface area (Å²) in [7, 11) is 0. The van der Waals surface area contributed by atoms with Crippen LogP contribution in [0.3, 0.4) is 0 Å². The van der Waals surface area contributed by atoms with Crippen LogP contribution in [0.25, 0.3) is 16.7 Å². The lowest BCUT2D eigenvalue weighted by atomic mass is 9.98. The summed E-state index contributed by atoms with van der Waals surface area (Å²) in [5, 5.41) is 12.0. The number of rotatable bonds is 5. The second-order valence-electron chi connectivity index (χ2n) is 7.86. The number of benzene rings is 2. The standard InChI is InChI=1S/C26H20FN3O3/c27-18-10-8-16(9-11-18)24(31)22-23(21-7-3-4-13-28-21)30(26(33)25(22)32)14-12-17-15-29-20-6-2-1-5-19(17)20/h1-11,13,15,23,29,31H,12,14H2. The maximum absolute atomic E-state index is 13.4. The molecule has 2 aromatic heterocycles. The lowest BCUT2D eigenvalue weighted by Gasteiger charge is -2.24. The molecule has 0 saturated carbocycles. The van der Waals surface area contributed by atoms with Crippen LogP contribution in [0.15, 0.2) is 84.7 Å². The fourth-order valence-corrected chi connectivity index (χ4v) is 4.30. The van der Waals surface area contributed by atoms with Gasteiger partial charge in [-0.3, -0.25) is 14.6 Å². The molecule has 1 saturated heterocycles. The molecule has 1 aliphatic heterocycles. The van der Waals surface area contributed by atoms with Gasteiger partial charge in [0.15, 0.2) is 0 Å². The summed E-state index contributed by atoms with van der Waals surface area (Å²) in [5.74, 6) is -2.30. The van der Waals surface area contributed by atoms with Gasteiger partial charge in [0.1, 0.15) is 17.6 Å². The summed E-state index contributed by atoms with van der Waals surface area (Å²) in [4.78, 5) is 35.1. The van der Waals surface area contributed by atoms with Crippen molar-refractivity contribution >= 4 is 28.4 Å². The van der Waals surface area contributed by atoms with Crippen molar-refractivity contribution in [1.29, 1.82) is 0 Å². The molecule has 1 atom stereocenters. The number of halogens is 1. The maximum Gasteiger partial charge on any atom is 0.295 e. The van der Waals surface area contributed by atoms with Crippen LogP contribution in [0.2, 0.25) is 0 Å². The van der Waals surface area contributed by atoms with Crippen LogP contribution in [0.4, 0.5) is 4.39 Å². The van der Waals surface area contributed by atoms with Gasteiger partial charge in [0.25, 0.3) is 11.7 Å². The highest BCUT2D eigenvalue weighted by Crippen LogP contribution is 2.38. The van der Waals surface area contributed by atoms with E-state index in [-0.39, 0.29) is 23.4 Å². The van der Waals surface area contributed by atoms with Crippen LogP contribution in [0.1, 0.15) is 22.9 Å². The lowest BCUT2D eigenvalue weighted by Crippen LogP contribution is -2.32. The zero-order valence-electron chi connectivity index (χ0n) is 17.5. The largest absolute Gasteiger partial charge is 0.507 e. The van der Waals surface area contributed by atoms with E-state index in [1.54, 1.807) is 24.4 Å². The summed E-state index contributed by atoms with van der Waals surface area (Å²) in [6.45, 7) is 0.258. The number of hydrogen-bond donors (Lipinski definition) is 2. The number of aliphatic hydroxyl groups excluding tert-OH is 1. The first-order valence-electron chi connectivity index (χ1n) is 10.5. The normalized spacial score (nSPS) is 17.7. The van der Waals surface area contributed by atoms with Gasteiger partial charge < -0.3 is 15.0 Å². The van der Waals surface area contributed by atoms with E-state index < -0.39 is 23.5 Å². The zero-order valence-corrected chi connectivity index (χ0v) is 17.5. The number of aliphatic hydroxyl groups is 1. The van der Waals surface area contributed by atoms with Gasteiger partial charge in [0.2, 0.25) is 0 Å². The van der Waals surface area contributed by atoms with Gasteiger partial charge in [-0.15, -0.1) is 0 Å². The highest BCUT2D eigenvalue weighted by molar-refractivity contribution is 6.46. The van der Waals surface area contributed by atoms with Gasteiger partial charge in [-0.05, 0) is 54.4 Å². The van der Waals surface area contributed by atoms with Crippen molar-refractivity contribution in [2.75, 3.05) is 6.54 Å². The summed E-state index contributed by atoms with van der Waals surface area (Å²) in [6.07, 6.45) is 3.99. The molecule has 5 rings (SSSR count). The number of hydrogen-bond acceptors (Lipinski definition) is 4. The fourth-order valence-electron chi connectivity index (χ4n) is 4.30. The van der Waals surface area contributed by atoms with Crippen molar-refractivity contribution in [3.63, 3.8) is 0 Å². The number of carbonyl (C=O) groups is 2. The molecular formula is C26H20FN3O3. The minimum Gasteiger partial charge on any atom is -0.507 e. The summed E-state index contributed by atoms with van der Waals surface area (Å²) >= 11 is 0. The second kappa shape index (κ2) is 8.35. The lowest BCUT2D eigenvalue weighted by molar-refractivity contribution is -0.139. The average Bonchev–Trinajstić information content (AvgIpc) is 3.37. The number of nitrogens with zero attached hydrogens (tertiary/aromatic N) is 2. The number of pyridine rings is 1. The van der Waals surface area contributed by atoms with Crippen molar-refractivity contribution in [2.45, 2.75) is 12.5 Å². The predicted octanol–water partition coefficient (Wildman–Crippen LogP) is 4.37. The minimum atomic E-state index is -0.846. The zero-order chi connectivity index (χ0) is 22.9. The van der Waals surface area contributed by atoms with Crippen LogP contribution in [0.5, 0.6) is 0 Å². The third-order valence-corrected chi connectivity index (χ3v) is 5.92. The second-order valence-corrected chi connectivity index (χ2v) is 7.86. The molecule has 0 radical (unpaired) electrons. The van der Waals surface area contributed by atoms with Crippen molar-refractivity contribution in [2.24, 2.45) is 0 Å². The molecule has 1 aliphatic rings. The van der Waals surface area contributed by atoms with E-state index in [0.29, 0.717) is 12.1 Å². The van der Waals surface area contributed by atoms with Crippen molar-refractivity contribution in [3.05, 3.63) is 107 Å². The van der Waals surface area contributed by atoms with Crippen molar-refractivity contribution in [3.8, 4) is 0 Å². The molecule has 0 bridgehead atoms. The molecule has 2 N–H and O–H groups in total. The predicted molar refractivity (Wildman–Crippen MR) is 122 cm³/mol. The number of likely N-dealkylation sites (tertiary alicyclic amines) is 1. The van der Waals surface area contributed by atoms with Gasteiger partial charge in [-0.1, -0.05) is 24.3 Å². The molecule has 1 amide bonds. The van der Waals surface area contributed by atoms with Crippen molar-refractivity contribution < 1.29 is 19.1 Å². The molecule has 7 heteroatoms. The minimum absolute atomic E-state index is 0.0516. The Bertz CT molecular complexity index is 1380. The monoisotopic (exact) mass is 441 g/mol. The number of Topliss-reactive ketones (excluding diaryl/α,β-unsaturated/α-hetero) is 1. The molecule has 6 nitrogen and oxygen atoms in total. The SMILES string of the molecule is O=C1C(=O)N(CCc2c[nH]c3ccccc23)C(c2ccccn2)C1=C(O)c1ccc(F)cc1. The van der Waals surface area contributed by atoms with Crippen LogP contribution in [-0.2, 0) is 16.0 Å². The van der Waals surface area contributed by atoms with E-state index in [9.17, 15) is 19.1 Å². The van der Waals surface area contributed by atoms with E-state index in [1.165, 1.54) is 29.2 Å².